The summed E-state index contributed by atoms with van der Waals surface area (Å²) in [4.78, 5) is 2.13. The molecule has 2 N–H and O–H groups in total. The van der Waals surface area contributed by atoms with Crippen molar-refractivity contribution in [1.82, 2.24) is 14.9 Å². The topological polar surface area (TPSA) is 74.8 Å². The van der Waals surface area contributed by atoms with Gasteiger partial charge in [-0.2, -0.15) is 5.10 Å². The Morgan fingerprint density at radius 3 is 2.61 bits per heavy atom. The lowest BCUT2D eigenvalue weighted by atomic mass is 9.88. The van der Waals surface area contributed by atoms with Crippen LogP contribution >= 0.6 is 11.3 Å². The van der Waals surface area contributed by atoms with E-state index in [1.54, 1.807) is 0 Å². The lowest BCUT2D eigenvalue weighted by Gasteiger charge is -2.26. The van der Waals surface area contributed by atoms with Crippen molar-refractivity contribution < 1.29 is 8.42 Å². The van der Waals surface area contributed by atoms with Gasteiger partial charge in [-0.25, -0.2) is 13.1 Å². The van der Waals surface area contributed by atoms with Crippen LogP contribution in [0.4, 0.5) is 0 Å². The minimum atomic E-state index is -3.69. The van der Waals surface area contributed by atoms with E-state index >= 15 is 0 Å². The normalized spacial score (nSPS) is 16.9. The smallest absolute Gasteiger partial charge is 0.242 e. The third kappa shape index (κ3) is 3.21. The number of aromatic amines is 1. The fourth-order valence-corrected chi connectivity index (χ4v) is 7.22. The summed E-state index contributed by atoms with van der Waals surface area (Å²) >= 11 is 1.51. The van der Waals surface area contributed by atoms with Gasteiger partial charge in [0, 0.05) is 27.1 Å². The summed E-state index contributed by atoms with van der Waals surface area (Å²) in [6.45, 7) is 7.76. The molecular weight excluding hydrogens is 390 g/mol. The molecule has 3 aromatic rings. The van der Waals surface area contributed by atoms with Crippen LogP contribution in [0, 0.1) is 27.7 Å². The summed E-state index contributed by atoms with van der Waals surface area (Å²) in [5.41, 5.74) is 5.72. The summed E-state index contributed by atoms with van der Waals surface area (Å²) in [5, 5.41) is 7.39. The minimum absolute atomic E-state index is 0.190. The van der Waals surface area contributed by atoms with Crippen molar-refractivity contribution in [3.8, 4) is 11.3 Å². The van der Waals surface area contributed by atoms with Gasteiger partial charge in [-0.15, -0.1) is 11.3 Å². The van der Waals surface area contributed by atoms with E-state index in [9.17, 15) is 8.42 Å². The maximum absolute atomic E-state index is 13.5. The van der Waals surface area contributed by atoms with Crippen LogP contribution < -0.4 is 4.72 Å². The van der Waals surface area contributed by atoms with Crippen molar-refractivity contribution in [3.05, 3.63) is 56.4 Å². The highest BCUT2D eigenvalue weighted by Crippen LogP contribution is 2.41. The molecule has 2 heterocycles. The van der Waals surface area contributed by atoms with E-state index in [0.717, 1.165) is 57.1 Å². The number of hydrogen-bond donors (Lipinski definition) is 2. The molecule has 0 unspecified atom stereocenters. The highest BCUT2D eigenvalue weighted by molar-refractivity contribution is 7.89. The van der Waals surface area contributed by atoms with E-state index < -0.39 is 10.0 Å². The van der Waals surface area contributed by atoms with Crippen LogP contribution in [-0.4, -0.2) is 18.6 Å². The summed E-state index contributed by atoms with van der Waals surface area (Å²) in [7, 11) is -3.69. The molecule has 1 atom stereocenters. The first-order valence-electron chi connectivity index (χ1n) is 9.51. The average Bonchev–Trinajstić information content (AvgIpc) is 3.13. The molecule has 0 radical (unpaired) electrons. The van der Waals surface area contributed by atoms with E-state index in [1.165, 1.54) is 16.9 Å². The number of sulfonamides is 1. The summed E-state index contributed by atoms with van der Waals surface area (Å²) in [5.74, 6) is 0. The fourth-order valence-electron chi connectivity index (χ4n) is 4.11. The zero-order valence-electron chi connectivity index (χ0n) is 16.6. The molecule has 1 aromatic carbocycles. The zero-order chi connectivity index (χ0) is 20.1. The molecule has 0 saturated heterocycles. The third-order valence-corrected chi connectivity index (χ3v) is 8.42. The largest absolute Gasteiger partial charge is 0.282 e. The van der Waals surface area contributed by atoms with Crippen molar-refractivity contribution in [1.29, 1.82) is 0 Å². The van der Waals surface area contributed by atoms with Crippen LogP contribution in [0.1, 0.15) is 51.0 Å². The van der Waals surface area contributed by atoms with E-state index in [0.29, 0.717) is 4.90 Å². The van der Waals surface area contributed by atoms with Crippen molar-refractivity contribution in [2.75, 3.05) is 0 Å². The van der Waals surface area contributed by atoms with Gasteiger partial charge in [-0.3, -0.25) is 5.10 Å². The van der Waals surface area contributed by atoms with Crippen molar-refractivity contribution in [3.63, 3.8) is 0 Å². The monoisotopic (exact) mass is 415 g/mol. The van der Waals surface area contributed by atoms with Gasteiger partial charge in [-0.1, -0.05) is 24.3 Å². The number of benzene rings is 1. The summed E-state index contributed by atoms with van der Waals surface area (Å²) in [6, 6.07) is 7.94. The van der Waals surface area contributed by atoms with Gasteiger partial charge < -0.3 is 0 Å². The van der Waals surface area contributed by atoms with Crippen molar-refractivity contribution in [2.45, 2.75) is 57.9 Å². The second-order valence-corrected chi connectivity index (χ2v) is 10.6. The quantitative estimate of drug-likeness (QED) is 0.647. The molecule has 0 aliphatic heterocycles. The average molecular weight is 416 g/mol. The maximum Gasteiger partial charge on any atom is 0.242 e. The van der Waals surface area contributed by atoms with Crippen molar-refractivity contribution >= 4 is 21.4 Å². The van der Waals surface area contributed by atoms with E-state index in [-0.39, 0.29) is 6.04 Å². The number of nitrogens with zero attached hydrogens (tertiary/aromatic N) is 1. The molecule has 0 saturated carbocycles. The standard InChI is InChI=1S/C21H25N3O2S2/c1-12-13(2)22-23-20(12)19-14(3)27-15(4)21(19)28(25,26)24-18-11-7-9-16-8-5-6-10-17(16)18/h5-6,8,10,18,24H,7,9,11H2,1-4H3,(H,22,23)/t18-/m0/s1. The molecule has 0 amide bonds. The predicted octanol–water partition coefficient (Wildman–Crippen LogP) is 4.73. The Bertz CT molecular complexity index is 1140. The fraction of sp³-hybridized carbons (Fsp3) is 0.381. The molecule has 1 aliphatic carbocycles. The van der Waals surface area contributed by atoms with Gasteiger partial charge in [-0.05, 0) is 63.6 Å². The number of aryl methyl sites for hydroxylation is 4. The molecule has 148 valence electrons. The van der Waals surface area contributed by atoms with Gasteiger partial charge in [0.1, 0.15) is 4.90 Å². The second kappa shape index (κ2) is 7.13. The molecule has 7 heteroatoms. The highest BCUT2D eigenvalue weighted by Gasteiger charge is 2.32. The first-order chi connectivity index (χ1) is 13.3. The first kappa shape index (κ1) is 19.4. The molecule has 2 aromatic heterocycles. The number of fused-ring (bicyclic) bond motifs is 1. The molecule has 1 aliphatic rings. The number of H-pyrrole nitrogens is 1. The molecular formula is C21H25N3O2S2. The minimum Gasteiger partial charge on any atom is -0.282 e. The summed E-state index contributed by atoms with van der Waals surface area (Å²) < 4.78 is 30.0. The number of hydrogen-bond acceptors (Lipinski definition) is 4. The Kier molecular flexibility index (Phi) is 4.93. The molecule has 28 heavy (non-hydrogen) atoms. The molecule has 0 bridgehead atoms. The van der Waals surface area contributed by atoms with Crippen LogP contribution in [0.3, 0.4) is 0 Å². The maximum atomic E-state index is 13.5. The van der Waals surface area contributed by atoms with Crippen LogP contribution in [0.2, 0.25) is 0 Å². The zero-order valence-corrected chi connectivity index (χ0v) is 18.2. The van der Waals surface area contributed by atoms with E-state index in [1.807, 2.05) is 45.9 Å². The van der Waals surface area contributed by atoms with Crippen LogP contribution in [0.15, 0.2) is 29.2 Å². The molecule has 0 fully saturated rings. The molecule has 0 spiro atoms. The molecule has 5 nitrogen and oxygen atoms in total. The van der Waals surface area contributed by atoms with Gasteiger partial charge in [0.05, 0.1) is 5.69 Å². The van der Waals surface area contributed by atoms with E-state index in [4.69, 9.17) is 0 Å². The van der Waals surface area contributed by atoms with Crippen LogP contribution in [-0.2, 0) is 16.4 Å². The Morgan fingerprint density at radius 1 is 1.14 bits per heavy atom. The number of aromatic nitrogens is 2. The summed E-state index contributed by atoms with van der Waals surface area (Å²) in [6.07, 6.45) is 2.80. The van der Waals surface area contributed by atoms with Gasteiger partial charge >= 0.3 is 0 Å². The van der Waals surface area contributed by atoms with Gasteiger partial charge in [0.25, 0.3) is 0 Å². The first-order valence-corrected chi connectivity index (χ1v) is 11.8. The SMILES string of the molecule is Cc1[nH]nc(-c2c(C)sc(C)c2S(=O)(=O)N[C@H]2CCCc3ccccc32)c1C. The number of thiophene rings is 1. The number of nitrogens with one attached hydrogen (secondary N) is 2. The van der Waals surface area contributed by atoms with Gasteiger partial charge in [0.2, 0.25) is 10.0 Å². The van der Waals surface area contributed by atoms with Gasteiger partial charge in [0.15, 0.2) is 0 Å². The third-order valence-electron chi connectivity index (χ3n) is 5.63. The van der Waals surface area contributed by atoms with Crippen molar-refractivity contribution in [2.24, 2.45) is 0 Å². The molecule has 4 rings (SSSR count). The Balaban J connectivity index is 1.79. The Labute approximate surface area is 170 Å². The Morgan fingerprint density at radius 2 is 1.89 bits per heavy atom. The lowest BCUT2D eigenvalue weighted by Crippen LogP contribution is -2.31. The number of rotatable bonds is 4. The van der Waals surface area contributed by atoms with Crippen LogP contribution in [0.25, 0.3) is 11.3 Å². The van der Waals surface area contributed by atoms with Crippen LogP contribution in [0.5, 0.6) is 0 Å². The second-order valence-electron chi connectivity index (χ2n) is 7.51. The highest BCUT2D eigenvalue weighted by atomic mass is 32.2. The predicted molar refractivity (Wildman–Crippen MR) is 113 cm³/mol. The lowest BCUT2D eigenvalue weighted by molar-refractivity contribution is 0.507. The van der Waals surface area contributed by atoms with E-state index in [2.05, 4.69) is 21.0 Å². The Hall–Kier alpha value is -1.96.